The van der Waals surface area contributed by atoms with Crippen LogP contribution in [0.1, 0.15) is 159 Å². The summed E-state index contributed by atoms with van der Waals surface area (Å²) in [5.74, 6) is 2.72. The summed E-state index contributed by atoms with van der Waals surface area (Å²) < 4.78 is 23.6. The number of benzene rings is 8. The summed E-state index contributed by atoms with van der Waals surface area (Å²) in [5.41, 5.74) is 20.3. The molecule has 1 aliphatic carbocycles. The Kier molecular flexibility index (Phi) is 22.9. The Morgan fingerprint density at radius 1 is 0.403 bits per heavy atom. The second-order valence-corrected chi connectivity index (χ2v) is 31.0. The molecule has 7 aromatic heterocycles. The predicted molar refractivity (Wildman–Crippen MR) is 461 cm³/mol. The van der Waals surface area contributed by atoms with Gasteiger partial charge in [-0.2, -0.15) is 0 Å². The van der Waals surface area contributed by atoms with Gasteiger partial charge in [0.1, 0.15) is 59.5 Å². The molecule has 4 unspecified atom stereocenters. The molecule has 0 radical (unpaired) electrons. The molecule has 119 heavy (non-hydrogen) atoms. The summed E-state index contributed by atoms with van der Waals surface area (Å²) in [5, 5.41) is 8.81. The molecule has 5 aliphatic heterocycles. The quantitative estimate of drug-likeness (QED) is 0.115. The van der Waals surface area contributed by atoms with Gasteiger partial charge < -0.3 is 53.2 Å². The van der Waals surface area contributed by atoms with Gasteiger partial charge in [-0.1, -0.05) is 80.4 Å². The largest absolute Gasteiger partial charge is 0.497 e. The molecular formula is C93H80Br2N16O8. The first-order chi connectivity index (χ1) is 57.9. The van der Waals surface area contributed by atoms with Crippen molar-refractivity contribution in [3.05, 3.63) is 349 Å². The number of carbonyl (C=O) groups is 5. The van der Waals surface area contributed by atoms with E-state index in [2.05, 4.69) is 114 Å². The number of nitrogens with zero attached hydrogens (tertiary/aromatic N) is 14. The van der Waals surface area contributed by atoms with Crippen LogP contribution in [0.15, 0.2) is 266 Å². The summed E-state index contributed by atoms with van der Waals surface area (Å²) in [6.07, 6.45) is 24.5. The van der Waals surface area contributed by atoms with Gasteiger partial charge >= 0.3 is 0 Å². The number of carbonyl (C=O) groups excluding carboxylic acids is 5. The zero-order valence-corrected chi connectivity index (χ0v) is 69.1. The van der Waals surface area contributed by atoms with E-state index in [9.17, 15) is 24.0 Å². The van der Waals surface area contributed by atoms with Crippen molar-refractivity contribution in [3.63, 3.8) is 0 Å². The highest BCUT2D eigenvalue weighted by Crippen LogP contribution is 2.40. The fourth-order valence-corrected chi connectivity index (χ4v) is 16.3. The van der Waals surface area contributed by atoms with Crippen LogP contribution in [0.4, 0.5) is 0 Å². The molecule has 0 bridgehead atoms. The highest BCUT2D eigenvalue weighted by molar-refractivity contribution is 9.10. The van der Waals surface area contributed by atoms with Gasteiger partial charge in [0.05, 0.1) is 51.2 Å². The molecule has 0 saturated carbocycles. The van der Waals surface area contributed by atoms with Gasteiger partial charge in [-0.3, -0.25) is 24.0 Å². The molecule has 0 saturated heterocycles. The maximum atomic E-state index is 13.0. The molecule has 0 spiro atoms. The lowest BCUT2D eigenvalue weighted by molar-refractivity contribution is 0.0715. The summed E-state index contributed by atoms with van der Waals surface area (Å²) in [6.45, 7) is 10.6. The minimum absolute atomic E-state index is 0.00117. The number of methoxy groups -OCH3 is 3. The molecule has 24 nitrogen and oxygen atoms in total. The van der Waals surface area contributed by atoms with Gasteiger partial charge in [0.15, 0.2) is 0 Å². The van der Waals surface area contributed by atoms with Crippen LogP contribution < -0.4 is 24.8 Å². The molecule has 4 atom stereocenters. The van der Waals surface area contributed by atoms with E-state index in [1.54, 1.807) is 65.2 Å². The van der Waals surface area contributed by atoms with Gasteiger partial charge in [-0.25, -0.2) is 39.9 Å². The third-order valence-electron chi connectivity index (χ3n) is 21.9. The smallest absolute Gasteiger partial charge is 0.255 e. The normalized spacial score (nSPS) is 15.9. The number of amides is 5. The van der Waals surface area contributed by atoms with Crippen LogP contribution in [0.5, 0.6) is 17.2 Å². The topological polar surface area (TPSA) is 265 Å². The maximum absolute atomic E-state index is 13.0. The SMILES string of the molecule is C1=Cc2cncnc2C1.CC1NC(=O)c2ccc(-n3ccc4cncnc43)cc21.CC1NC(=O)c2ccc(-n3ccc4cncnc43)cc21.COc1ccc(CN2C(=O)c3ccc(-n4ccc5cncnc54)cc3C2C)cc1.COc1ccc(CN2C(=O)c3ccc(Br)cc3C2C)cc1.COc1ccc(CN2Cc3cc(Br)ccc3C2=O)cc1. The van der Waals surface area contributed by atoms with Crippen molar-refractivity contribution in [2.75, 3.05) is 21.3 Å². The first kappa shape index (κ1) is 79.0. The second kappa shape index (κ2) is 34.5. The number of hydrogen-bond donors (Lipinski definition) is 2. The van der Waals surface area contributed by atoms with Crippen LogP contribution >= 0.6 is 31.9 Å². The van der Waals surface area contributed by atoms with Crippen LogP contribution in [-0.2, 0) is 32.6 Å². The van der Waals surface area contributed by atoms with Crippen molar-refractivity contribution < 1.29 is 38.2 Å². The van der Waals surface area contributed by atoms with Crippen molar-refractivity contribution in [3.8, 4) is 34.3 Å². The molecular weight excluding hydrogens is 1630 g/mol. The van der Waals surface area contributed by atoms with Gasteiger partial charge in [-0.05, 0) is 218 Å². The Morgan fingerprint density at radius 2 is 0.790 bits per heavy atom. The van der Waals surface area contributed by atoms with E-state index in [4.69, 9.17) is 14.2 Å². The highest BCUT2D eigenvalue weighted by Gasteiger charge is 2.36. The van der Waals surface area contributed by atoms with Crippen LogP contribution in [0.2, 0.25) is 0 Å². The zero-order chi connectivity index (χ0) is 82.5. The van der Waals surface area contributed by atoms with Crippen LogP contribution in [0.3, 0.4) is 0 Å². The Balaban J connectivity index is 0.000000109. The molecule has 2 N–H and O–H groups in total. The van der Waals surface area contributed by atoms with Crippen molar-refractivity contribution in [1.82, 2.24) is 78.9 Å². The minimum atomic E-state index is -0.00370. The van der Waals surface area contributed by atoms with Crippen LogP contribution in [0, 0.1) is 0 Å². The van der Waals surface area contributed by atoms with E-state index in [1.807, 2.05) is 243 Å². The first-order valence-corrected chi connectivity index (χ1v) is 40.1. The number of halogens is 2. The van der Waals surface area contributed by atoms with Gasteiger partial charge in [-0.15, -0.1) is 0 Å². The molecule has 594 valence electrons. The van der Waals surface area contributed by atoms with E-state index in [1.165, 1.54) is 0 Å². The van der Waals surface area contributed by atoms with E-state index in [-0.39, 0.29) is 53.7 Å². The Hall–Kier alpha value is -13.9. The molecule has 12 heterocycles. The third kappa shape index (κ3) is 16.6. The number of ether oxygens (including phenoxy) is 3. The van der Waals surface area contributed by atoms with Crippen molar-refractivity contribution in [2.24, 2.45) is 0 Å². The number of allylic oxidation sites excluding steroid dienone is 1. The van der Waals surface area contributed by atoms with Gasteiger partial charge in [0.25, 0.3) is 29.5 Å². The Labute approximate surface area is 702 Å². The molecule has 6 aliphatic rings. The average Bonchev–Trinajstić information content (AvgIpc) is 1.68. The highest BCUT2D eigenvalue weighted by atomic mass is 79.9. The van der Waals surface area contributed by atoms with Crippen molar-refractivity contribution >= 4 is 101 Å². The summed E-state index contributed by atoms with van der Waals surface area (Å²) >= 11 is 6.91. The standard InChI is InChI=1S/C23H20N4O2.C17H16BrNO2.C16H14BrNO2.2C15H12N4O.C7H6N2/c1-15-21-11-18(26-10-9-17-12-24-14-25-22(17)26)5-8-20(21)23(28)27(15)13-16-3-6-19(29-2)7-4-16;1-11-16-9-13(18)5-8-15(16)17(20)19(11)10-12-3-6-14(21-2)7-4-12;1-20-14-5-2-11(3-6-14)9-18-10-12-8-13(17)4-7-15(12)16(18)19;2*1-9-13-6-11(2-3-12(13)15(20)18-9)19-5-4-10-7-16-8-17-14(10)19;1-2-6-4-8-5-9-7(6)3-1/h3-12,14-15H,13H2,1-2H3;3-9,11H,10H2,1-2H3;2-8H,9-10H2,1H3;2*2-9H,1H3,(H,18,20);1-2,4-5H,3H2. The number of hydrogen-bond acceptors (Lipinski definition) is 16. The van der Waals surface area contributed by atoms with Gasteiger partial charge in [0, 0.05) is 152 Å². The summed E-state index contributed by atoms with van der Waals surface area (Å²) in [6, 6.07) is 59.0. The first-order valence-electron chi connectivity index (χ1n) is 38.6. The molecule has 0 fully saturated rings. The Bertz CT molecular complexity index is 6270. The number of rotatable bonds is 12. The second-order valence-electron chi connectivity index (χ2n) is 29.2. The third-order valence-corrected chi connectivity index (χ3v) is 22.9. The lowest BCUT2D eigenvalue weighted by Gasteiger charge is -2.22. The molecule has 15 aromatic rings. The monoisotopic (exact) mass is 1710 g/mol. The number of nitrogens with one attached hydrogen (secondary N) is 2. The minimum Gasteiger partial charge on any atom is -0.497 e. The summed E-state index contributed by atoms with van der Waals surface area (Å²) in [4.78, 5) is 100. The van der Waals surface area contributed by atoms with Gasteiger partial charge in [0.2, 0.25) is 0 Å². The summed E-state index contributed by atoms with van der Waals surface area (Å²) in [7, 11) is 4.94. The molecule has 21 rings (SSSR count). The fraction of sp³-hybridized carbons (Fsp3) is 0.172. The number of fused-ring (bicyclic) bond motifs is 9. The molecule has 5 amide bonds. The van der Waals surface area contributed by atoms with E-state index in [0.717, 1.165) is 166 Å². The zero-order valence-electron chi connectivity index (χ0n) is 66.0. The predicted octanol–water partition coefficient (Wildman–Crippen LogP) is 17.4. The number of aromatic nitrogens is 11. The van der Waals surface area contributed by atoms with E-state index >= 15 is 0 Å². The fourth-order valence-electron chi connectivity index (χ4n) is 15.5. The van der Waals surface area contributed by atoms with E-state index in [0.29, 0.717) is 26.2 Å². The van der Waals surface area contributed by atoms with Crippen molar-refractivity contribution in [1.29, 1.82) is 0 Å². The lowest BCUT2D eigenvalue weighted by Crippen LogP contribution is -2.26. The van der Waals surface area contributed by atoms with Crippen LogP contribution in [-0.4, -0.2) is 119 Å². The van der Waals surface area contributed by atoms with Crippen molar-refractivity contribution in [2.45, 2.75) is 84.5 Å². The lowest BCUT2D eigenvalue weighted by atomic mass is 10.0. The van der Waals surface area contributed by atoms with E-state index < -0.39 is 0 Å². The van der Waals surface area contributed by atoms with Crippen LogP contribution in [0.25, 0.3) is 56.2 Å². The average molecular weight is 1710 g/mol. The molecule has 8 aromatic carbocycles. The Morgan fingerprint density at radius 3 is 1.24 bits per heavy atom. The maximum Gasteiger partial charge on any atom is 0.255 e. The molecule has 26 heteroatoms.